The number of unbranched alkanes of at least 4 members (excludes halogenated alkanes) is 3. The number of aryl methyl sites for hydroxylation is 1. The fraction of sp³-hybridized carbons (Fsp3) is 0.469. The van der Waals surface area contributed by atoms with Crippen molar-refractivity contribution in [1.29, 1.82) is 0 Å². The Labute approximate surface area is 241 Å². The van der Waals surface area contributed by atoms with Gasteiger partial charge in [0.25, 0.3) is 11.7 Å². The maximum absolute atomic E-state index is 13.6. The van der Waals surface area contributed by atoms with Gasteiger partial charge >= 0.3 is 0 Å². The summed E-state index contributed by atoms with van der Waals surface area (Å²) in [5.74, 6) is -0.745. The number of aliphatic hydroxyl groups excluding tert-OH is 1. The van der Waals surface area contributed by atoms with Gasteiger partial charge in [-0.1, -0.05) is 44.4 Å². The van der Waals surface area contributed by atoms with Crippen molar-refractivity contribution in [2.24, 2.45) is 0 Å². The number of benzene rings is 1. The highest BCUT2D eigenvalue weighted by Crippen LogP contribution is 2.40. The summed E-state index contributed by atoms with van der Waals surface area (Å²) in [5, 5.41) is 11.7. The van der Waals surface area contributed by atoms with Gasteiger partial charge in [-0.15, -0.1) is 0 Å². The van der Waals surface area contributed by atoms with Crippen molar-refractivity contribution in [2.75, 3.05) is 46.0 Å². The van der Waals surface area contributed by atoms with Crippen LogP contribution >= 0.6 is 0 Å². The van der Waals surface area contributed by atoms with Crippen LogP contribution < -0.4 is 4.74 Å². The van der Waals surface area contributed by atoms with Gasteiger partial charge in [0.1, 0.15) is 17.1 Å². The highest BCUT2D eigenvalue weighted by atomic mass is 16.5. The summed E-state index contributed by atoms with van der Waals surface area (Å²) in [6, 6.07) is 12.4. The van der Waals surface area contributed by atoms with Crippen molar-refractivity contribution in [3.05, 3.63) is 71.2 Å². The number of aliphatic hydroxyl groups is 1. The van der Waals surface area contributed by atoms with E-state index in [0.29, 0.717) is 49.8 Å². The first kappa shape index (κ1) is 28.8. The van der Waals surface area contributed by atoms with E-state index in [1.54, 1.807) is 22.4 Å². The molecule has 2 saturated heterocycles. The fourth-order valence-electron chi connectivity index (χ4n) is 5.74. The van der Waals surface area contributed by atoms with Gasteiger partial charge in [0.15, 0.2) is 5.76 Å². The predicted molar refractivity (Wildman–Crippen MR) is 157 cm³/mol. The summed E-state index contributed by atoms with van der Waals surface area (Å²) in [4.78, 5) is 35.5. The molecule has 41 heavy (non-hydrogen) atoms. The molecule has 0 aliphatic carbocycles. The van der Waals surface area contributed by atoms with Crippen LogP contribution in [-0.4, -0.2) is 82.0 Å². The third-order valence-corrected chi connectivity index (χ3v) is 7.91. The van der Waals surface area contributed by atoms with Crippen molar-refractivity contribution in [3.63, 3.8) is 0 Å². The van der Waals surface area contributed by atoms with E-state index < -0.39 is 17.7 Å². The minimum atomic E-state index is -0.716. The quantitative estimate of drug-likeness (QED) is 0.148. The van der Waals surface area contributed by atoms with Crippen LogP contribution in [0.1, 0.15) is 62.0 Å². The molecule has 9 nitrogen and oxygen atoms in total. The summed E-state index contributed by atoms with van der Waals surface area (Å²) in [6.07, 6.45) is 7.00. The molecule has 0 radical (unpaired) electrons. The maximum atomic E-state index is 13.6. The minimum absolute atomic E-state index is 0.0864. The Bertz CT molecular complexity index is 1390. The number of carbonyl (C=O) groups is 2. The van der Waals surface area contributed by atoms with Crippen LogP contribution in [0.5, 0.6) is 5.75 Å². The monoisotopic (exact) mass is 560 g/mol. The van der Waals surface area contributed by atoms with Crippen molar-refractivity contribution < 1.29 is 24.2 Å². The number of fused-ring (bicyclic) bond motifs is 1. The number of likely N-dealkylation sites (tertiary alicyclic amines) is 1. The molecular formula is C32H40N4O5. The number of rotatable bonds is 12. The lowest BCUT2D eigenvalue weighted by atomic mass is 9.96. The van der Waals surface area contributed by atoms with Crippen LogP contribution in [0.3, 0.4) is 0 Å². The zero-order valence-electron chi connectivity index (χ0n) is 24.1. The summed E-state index contributed by atoms with van der Waals surface area (Å²) >= 11 is 0. The SMILES string of the molecule is CCCCCCOc1ccc(C2/C(=C(\O)c3c(C)nc4ccccn34)C(=O)C(=O)N2CCCN2CCOCC2)cc1. The molecule has 3 aromatic rings. The third-order valence-electron chi connectivity index (χ3n) is 7.91. The molecule has 2 fully saturated rings. The number of hydrogen-bond donors (Lipinski definition) is 1. The van der Waals surface area contributed by atoms with E-state index >= 15 is 0 Å². The third kappa shape index (κ3) is 6.31. The second kappa shape index (κ2) is 13.3. The van der Waals surface area contributed by atoms with Gasteiger partial charge < -0.3 is 19.5 Å². The second-order valence-corrected chi connectivity index (χ2v) is 10.8. The average Bonchev–Trinajstić information content (AvgIpc) is 3.46. The van der Waals surface area contributed by atoms with Crippen molar-refractivity contribution >= 4 is 23.1 Å². The number of nitrogens with zero attached hydrogens (tertiary/aromatic N) is 4. The molecule has 2 aliphatic rings. The highest BCUT2D eigenvalue weighted by molar-refractivity contribution is 6.46. The Balaban J connectivity index is 1.45. The Hall–Kier alpha value is -3.69. The number of Topliss-reactive ketones (excluding diaryl/α,β-unsaturated/α-hetero) is 1. The molecule has 1 atom stereocenters. The van der Waals surface area contributed by atoms with Crippen LogP contribution in [-0.2, 0) is 14.3 Å². The van der Waals surface area contributed by atoms with Crippen LogP contribution in [0, 0.1) is 6.92 Å². The van der Waals surface area contributed by atoms with Crippen molar-refractivity contribution in [3.8, 4) is 5.75 Å². The number of ketones is 1. The molecular weight excluding hydrogens is 520 g/mol. The number of aromatic nitrogens is 2. The molecule has 1 amide bonds. The lowest BCUT2D eigenvalue weighted by Gasteiger charge is -2.29. The Morgan fingerprint density at radius 1 is 1.02 bits per heavy atom. The largest absolute Gasteiger partial charge is 0.505 e. The van der Waals surface area contributed by atoms with E-state index in [1.807, 2.05) is 42.5 Å². The summed E-state index contributed by atoms with van der Waals surface area (Å²) in [6.45, 7) is 8.94. The number of morpholine rings is 1. The normalized spacial score (nSPS) is 19.4. The number of pyridine rings is 1. The van der Waals surface area contributed by atoms with E-state index in [1.165, 1.54) is 12.8 Å². The Kier molecular flexibility index (Phi) is 9.36. The van der Waals surface area contributed by atoms with Crippen LogP contribution in [0.15, 0.2) is 54.2 Å². The molecule has 1 unspecified atom stereocenters. The number of imidazole rings is 1. The summed E-state index contributed by atoms with van der Waals surface area (Å²) in [5.41, 5.74) is 2.50. The molecule has 1 N–H and O–H groups in total. The number of carbonyl (C=O) groups excluding carboxylic acids is 2. The molecule has 0 saturated carbocycles. The second-order valence-electron chi connectivity index (χ2n) is 10.8. The van der Waals surface area contributed by atoms with E-state index in [4.69, 9.17) is 9.47 Å². The first-order valence-electron chi connectivity index (χ1n) is 14.7. The van der Waals surface area contributed by atoms with Gasteiger partial charge in [-0.3, -0.25) is 18.9 Å². The zero-order chi connectivity index (χ0) is 28.8. The van der Waals surface area contributed by atoms with E-state index in [9.17, 15) is 14.7 Å². The van der Waals surface area contributed by atoms with Gasteiger partial charge in [0.2, 0.25) is 0 Å². The van der Waals surface area contributed by atoms with Crippen LogP contribution in [0.2, 0.25) is 0 Å². The molecule has 0 bridgehead atoms. The maximum Gasteiger partial charge on any atom is 0.295 e. The van der Waals surface area contributed by atoms with E-state index in [0.717, 1.165) is 43.8 Å². The van der Waals surface area contributed by atoms with Crippen LogP contribution in [0.4, 0.5) is 0 Å². The molecule has 2 aliphatic heterocycles. The lowest BCUT2D eigenvalue weighted by molar-refractivity contribution is -0.140. The zero-order valence-corrected chi connectivity index (χ0v) is 24.1. The lowest BCUT2D eigenvalue weighted by Crippen LogP contribution is -2.38. The molecule has 1 aromatic carbocycles. The Morgan fingerprint density at radius 2 is 1.80 bits per heavy atom. The molecule has 4 heterocycles. The van der Waals surface area contributed by atoms with Gasteiger partial charge in [-0.05, 0) is 49.6 Å². The fourth-order valence-corrected chi connectivity index (χ4v) is 5.74. The summed E-state index contributed by atoms with van der Waals surface area (Å²) < 4.78 is 13.1. The van der Waals surface area contributed by atoms with Gasteiger partial charge in [-0.2, -0.15) is 0 Å². The molecule has 9 heteroatoms. The average molecular weight is 561 g/mol. The van der Waals surface area contributed by atoms with Crippen molar-refractivity contribution in [2.45, 2.75) is 52.0 Å². The van der Waals surface area contributed by atoms with Gasteiger partial charge in [0, 0.05) is 32.4 Å². The first-order chi connectivity index (χ1) is 20.0. The van der Waals surface area contributed by atoms with E-state index in [2.05, 4.69) is 16.8 Å². The predicted octanol–water partition coefficient (Wildman–Crippen LogP) is 4.75. The number of amides is 1. The number of ether oxygens (including phenoxy) is 2. The van der Waals surface area contributed by atoms with E-state index in [-0.39, 0.29) is 11.3 Å². The number of hydrogen-bond acceptors (Lipinski definition) is 7. The summed E-state index contributed by atoms with van der Waals surface area (Å²) in [7, 11) is 0. The molecule has 2 aromatic heterocycles. The first-order valence-corrected chi connectivity index (χ1v) is 14.7. The van der Waals surface area contributed by atoms with Gasteiger partial charge in [0.05, 0.1) is 37.1 Å². The topological polar surface area (TPSA) is 96.6 Å². The van der Waals surface area contributed by atoms with Crippen molar-refractivity contribution in [1.82, 2.24) is 19.2 Å². The molecule has 0 spiro atoms. The Morgan fingerprint density at radius 3 is 2.56 bits per heavy atom. The van der Waals surface area contributed by atoms with Crippen LogP contribution in [0.25, 0.3) is 11.4 Å². The molecule has 218 valence electrons. The highest BCUT2D eigenvalue weighted by Gasteiger charge is 2.46. The standard InChI is InChI=1S/C32H40N4O5/c1-3-4-5-8-20-41-25-13-11-24(12-14-25)29-27(30(37)28-23(2)33-26-10-6-7-16-35(26)28)31(38)32(39)36(29)17-9-15-34-18-21-40-22-19-34/h6-7,10-14,16,29,37H,3-5,8-9,15,17-22H2,1-2H3/b30-27+. The molecule has 5 rings (SSSR count). The van der Waals surface area contributed by atoms with Gasteiger partial charge in [-0.25, -0.2) is 4.98 Å². The smallest absolute Gasteiger partial charge is 0.295 e. The minimum Gasteiger partial charge on any atom is -0.505 e.